The van der Waals surface area contributed by atoms with Crippen molar-refractivity contribution in [2.45, 2.75) is 38.4 Å². The number of aromatic nitrogens is 2. The second kappa shape index (κ2) is 10.3. The smallest absolute Gasteiger partial charge is 0.152 e. The molecule has 4 nitrogen and oxygen atoms in total. The molecule has 1 N–H and O–H groups in total. The van der Waals surface area contributed by atoms with Crippen molar-refractivity contribution in [1.82, 2.24) is 9.55 Å². The number of aromatic amines is 1. The Morgan fingerprint density at radius 1 is 0.794 bits per heavy atom. The van der Waals surface area contributed by atoms with Crippen molar-refractivity contribution < 1.29 is 8.42 Å². The second-order valence-corrected chi connectivity index (χ2v) is 11.7. The number of fused-ring (bicyclic) bond motifs is 2. The Morgan fingerprint density at radius 3 is 2.18 bits per heavy atom. The normalized spacial score (nSPS) is 12.6. The van der Waals surface area contributed by atoms with Gasteiger partial charge in [0.2, 0.25) is 0 Å². The lowest BCUT2D eigenvalue weighted by molar-refractivity contribution is 0.580. The molecule has 0 unspecified atom stereocenters. The van der Waals surface area contributed by atoms with Gasteiger partial charge in [-0.2, -0.15) is 0 Å². The monoisotopic (exact) mass is 472 g/mol. The Morgan fingerprint density at radius 2 is 1.47 bits per heavy atom. The van der Waals surface area contributed by atoms with Crippen LogP contribution in [0.4, 0.5) is 0 Å². The molecule has 0 amide bonds. The average molecular weight is 473 g/mol. The van der Waals surface area contributed by atoms with E-state index >= 15 is 0 Å². The molecular formula is C29H32N2O2S. The van der Waals surface area contributed by atoms with Gasteiger partial charge in [0.1, 0.15) is 0 Å². The third kappa shape index (κ3) is 5.42. The summed E-state index contributed by atoms with van der Waals surface area (Å²) in [7, 11) is -2.97. The molecule has 176 valence electrons. The van der Waals surface area contributed by atoms with Crippen molar-refractivity contribution in [3.05, 3.63) is 103 Å². The average Bonchev–Trinajstić information content (AvgIpc) is 3.50. The molecule has 0 spiro atoms. The lowest BCUT2D eigenvalue weighted by Gasteiger charge is -2.14. The number of para-hydroxylation sites is 2. The number of H-pyrrole nitrogens is 1. The summed E-state index contributed by atoms with van der Waals surface area (Å²) < 4.78 is 26.2. The maximum Gasteiger partial charge on any atom is 0.152 e. The van der Waals surface area contributed by atoms with Gasteiger partial charge in [0.05, 0.1) is 16.5 Å². The quantitative estimate of drug-likeness (QED) is 0.286. The molecule has 0 aliphatic rings. The first kappa shape index (κ1) is 23.8. The second-order valence-electron chi connectivity index (χ2n) is 9.01. The van der Waals surface area contributed by atoms with E-state index in [4.69, 9.17) is 0 Å². The van der Waals surface area contributed by atoms with Crippen LogP contribution in [0.2, 0.25) is 0 Å². The van der Waals surface area contributed by atoms with E-state index in [0.717, 1.165) is 5.69 Å². The molecule has 0 radical (unpaired) electrons. The molecule has 0 saturated carbocycles. The van der Waals surface area contributed by atoms with E-state index in [1.165, 1.54) is 27.4 Å². The van der Waals surface area contributed by atoms with Gasteiger partial charge in [-0.15, -0.1) is 0 Å². The van der Waals surface area contributed by atoms with Gasteiger partial charge in [-0.1, -0.05) is 55.5 Å². The zero-order chi connectivity index (χ0) is 24.1. The van der Waals surface area contributed by atoms with Crippen molar-refractivity contribution in [3.63, 3.8) is 0 Å². The van der Waals surface area contributed by atoms with Gasteiger partial charge in [0.25, 0.3) is 0 Å². The molecule has 0 fully saturated rings. The highest BCUT2D eigenvalue weighted by atomic mass is 32.2. The first-order valence-electron chi connectivity index (χ1n) is 11.8. The minimum Gasteiger partial charge on any atom is -0.361 e. The molecule has 3 aromatic carbocycles. The van der Waals surface area contributed by atoms with Crippen LogP contribution in [-0.2, 0) is 9.84 Å². The summed E-state index contributed by atoms with van der Waals surface area (Å²) in [5.74, 6) is 0.472. The number of hydrogen-bond donors (Lipinski definition) is 1. The van der Waals surface area contributed by atoms with Crippen molar-refractivity contribution >= 4 is 31.6 Å². The van der Waals surface area contributed by atoms with Crippen LogP contribution in [-0.4, -0.2) is 29.0 Å². The number of benzene rings is 3. The summed E-state index contributed by atoms with van der Waals surface area (Å²) in [4.78, 5) is 3.12. The Balaban J connectivity index is 0.000000252. The number of rotatable bonds is 6. The number of nitrogens with zero attached hydrogens (tertiary/aromatic N) is 1. The standard InChI is InChI=1S/C21H25NO2S.C8H7N/c1-16(2)25(23,24)15-13-17(3)18-8-10-20(11-9-18)22-14-12-19-6-4-5-7-21(19)22;1-2-4-8-7(3-1)5-6-9-8/h4-12,14,16-17H,13,15H2,1-3H3;1-6,9H/t17-;/m0./s1. The van der Waals surface area contributed by atoms with E-state index in [0.29, 0.717) is 6.42 Å². The molecule has 1 atom stereocenters. The Bertz CT molecular complexity index is 1430. The van der Waals surface area contributed by atoms with Gasteiger partial charge < -0.3 is 9.55 Å². The fraction of sp³-hybridized carbons (Fsp3) is 0.241. The van der Waals surface area contributed by atoms with Crippen LogP contribution in [0.5, 0.6) is 0 Å². The molecular weight excluding hydrogens is 440 g/mol. The minimum atomic E-state index is -2.97. The van der Waals surface area contributed by atoms with Crippen molar-refractivity contribution in [2.75, 3.05) is 5.75 Å². The molecule has 34 heavy (non-hydrogen) atoms. The summed E-state index contributed by atoms with van der Waals surface area (Å²) in [6.07, 6.45) is 4.69. The molecule has 0 aliphatic carbocycles. The van der Waals surface area contributed by atoms with Gasteiger partial charge in [-0.3, -0.25) is 0 Å². The van der Waals surface area contributed by atoms with E-state index in [2.05, 4.69) is 83.3 Å². The van der Waals surface area contributed by atoms with Crippen molar-refractivity contribution in [3.8, 4) is 5.69 Å². The van der Waals surface area contributed by atoms with Crippen LogP contribution in [0.15, 0.2) is 97.3 Å². The summed E-state index contributed by atoms with van der Waals surface area (Å²) >= 11 is 0. The molecule has 2 heterocycles. The largest absolute Gasteiger partial charge is 0.361 e. The van der Waals surface area contributed by atoms with Crippen LogP contribution >= 0.6 is 0 Å². The minimum absolute atomic E-state index is 0.226. The summed E-state index contributed by atoms with van der Waals surface area (Å²) in [5.41, 5.74) is 4.69. The number of hydrogen-bond acceptors (Lipinski definition) is 2. The first-order chi connectivity index (χ1) is 16.3. The van der Waals surface area contributed by atoms with Crippen molar-refractivity contribution in [2.24, 2.45) is 0 Å². The van der Waals surface area contributed by atoms with Crippen LogP contribution in [0.3, 0.4) is 0 Å². The lowest BCUT2D eigenvalue weighted by atomic mass is 9.98. The molecule has 0 saturated heterocycles. The van der Waals surface area contributed by atoms with E-state index in [-0.39, 0.29) is 16.9 Å². The molecule has 5 heteroatoms. The highest BCUT2D eigenvalue weighted by Gasteiger charge is 2.18. The number of nitrogens with one attached hydrogen (secondary N) is 1. The highest BCUT2D eigenvalue weighted by molar-refractivity contribution is 7.91. The molecule has 0 bridgehead atoms. The maximum atomic E-state index is 12.0. The highest BCUT2D eigenvalue weighted by Crippen LogP contribution is 2.24. The van der Waals surface area contributed by atoms with E-state index in [9.17, 15) is 8.42 Å². The molecule has 5 rings (SSSR count). The number of sulfone groups is 1. The van der Waals surface area contributed by atoms with Crippen LogP contribution < -0.4 is 0 Å². The van der Waals surface area contributed by atoms with Gasteiger partial charge in [-0.05, 0) is 78.9 Å². The molecule has 0 aliphatic heterocycles. The van der Waals surface area contributed by atoms with Gasteiger partial charge in [0, 0.05) is 23.6 Å². The topological polar surface area (TPSA) is 54.9 Å². The molecule has 5 aromatic rings. The zero-order valence-corrected chi connectivity index (χ0v) is 20.8. The maximum absolute atomic E-state index is 12.0. The zero-order valence-electron chi connectivity index (χ0n) is 20.0. The Kier molecular flexibility index (Phi) is 7.23. The Hall–Kier alpha value is -3.31. The summed E-state index contributed by atoms with van der Waals surface area (Å²) in [6.45, 7) is 5.59. The summed E-state index contributed by atoms with van der Waals surface area (Å²) in [6, 6.07) is 29.1. The van der Waals surface area contributed by atoms with Crippen LogP contribution in [0, 0.1) is 0 Å². The Labute approximate surface area is 202 Å². The first-order valence-corrected chi connectivity index (χ1v) is 13.5. The fourth-order valence-electron chi connectivity index (χ4n) is 4.01. The third-order valence-electron chi connectivity index (χ3n) is 6.36. The van der Waals surface area contributed by atoms with Gasteiger partial charge in [0.15, 0.2) is 9.84 Å². The molecule has 2 aromatic heterocycles. The SMILES string of the molecule is CC(C)S(=O)(=O)CC[C@H](C)c1ccc(-n2ccc3ccccc32)cc1.c1ccc2[nH]ccc2c1. The predicted octanol–water partition coefficient (Wildman–Crippen LogP) is 7.12. The predicted molar refractivity (Wildman–Crippen MR) is 144 cm³/mol. The summed E-state index contributed by atoms with van der Waals surface area (Å²) in [5, 5.41) is 2.19. The fourth-order valence-corrected chi connectivity index (χ4v) is 5.16. The van der Waals surface area contributed by atoms with Crippen molar-refractivity contribution in [1.29, 1.82) is 0 Å². The van der Waals surface area contributed by atoms with E-state index in [1.807, 2.05) is 30.5 Å². The van der Waals surface area contributed by atoms with E-state index in [1.54, 1.807) is 13.8 Å². The lowest BCUT2D eigenvalue weighted by Crippen LogP contribution is -2.18. The van der Waals surface area contributed by atoms with E-state index < -0.39 is 9.84 Å². The van der Waals surface area contributed by atoms with Gasteiger partial charge >= 0.3 is 0 Å². The van der Waals surface area contributed by atoms with Crippen LogP contribution in [0.25, 0.3) is 27.5 Å². The van der Waals surface area contributed by atoms with Crippen LogP contribution in [0.1, 0.15) is 38.7 Å². The van der Waals surface area contributed by atoms with Gasteiger partial charge in [-0.25, -0.2) is 8.42 Å². The third-order valence-corrected chi connectivity index (χ3v) is 8.60.